The van der Waals surface area contributed by atoms with Gasteiger partial charge in [-0.25, -0.2) is 0 Å². The number of halogens is 3. The van der Waals surface area contributed by atoms with E-state index in [0.717, 1.165) is 6.42 Å². The number of hydrogen-bond acceptors (Lipinski definition) is 3. The van der Waals surface area contributed by atoms with Gasteiger partial charge in [-0.1, -0.05) is 13.0 Å². The number of nitrogens with zero attached hydrogens (tertiary/aromatic N) is 1. The molecule has 1 unspecified atom stereocenters. The summed E-state index contributed by atoms with van der Waals surface area (Å²) in [7, 11) is 0. The molecule has 1 aromatic carbocycles. The average molecular weight is 302 g/mol. The van der Waals surface area contributed by atoms with E-state index < -0.39 is 11.7 Å². The lowest BCUT2D eigenvalue weighted by atomic mass is 10.0. The maximum Gasteiger partial charge on any atom is 0.418 e. The van der Waals surface area contributed by atoms with Crippen LogP contribution in [0.5, 0.6) is 0 Å². The standard InChI is InChI=1S/C15H21F3N2O/c1-2-12(19)9-11-3-4-14(13(10-11)15(16,17)18)20-5-7-21-8-6-20/h3-4,10,12H,2,5-9,19H2,1H3. The van der Waals surface area contributed by atoms with Gasteiger partial charge < -0.3 is 15.4 Å². The molecule has 1 aliphatic heterocycles. The normalized spacial score (nSPS) is 17.9. The smallest absolute Gasteiger partial charge is 0.378 e. The molecule has 2 N–H and O–H groups in total. The Morgan fingerprint density at radius 2 is 1.95 bits per heavy atom. The van der Waals surface area contributed by atoms with Crippen molar-refractivity contribution in [1.29, 1.82) is 0 Å². The molecule has 6 heteroatoms. The Labute approximate surface area is 122 Å². The van der Waals surface area contributed by atoms with Crippen molar-refractivity contribution in [3.8, 4) is 0 Å². The summed E-state index contributed by atoms with van der Waals surface area (Å²) in [6.45, 7) is 3.81. The van der Waals surface area contributed by atoms with Crippen molar-refractivity contribution in [2.75, 3.05) is 31.2 Å². The Morgan fingerprint density at radius 3 is 2.52 bits per heavy atom. The first-order valence-corrected chi connectivity index (χ1v) is 7.20. The number of alkyl halides is 3. The lowest BCUT2D eigenvalue weighted by Crippen LogP contribution is -2.37. The molecule has 1 aliphatic rings. The Hall–Kier alpha value is -1.27. The maximum absolute atomic E-state index is 13.3. The Balaban J connectivity index is 2.31. The molecule has 0 bridgehead atoms. The van der Waals surface area contributed by atoms with Crippen LogP contribution in [-0.4, -0.2) is 32.3 Å². The molecular formula is C15H21F3N2O. The summed E-state index contributed by atoms with van der Waals surface area (Å²) in [6.07, 6.45) is -3.16. The van der Waals surface area contributed by atoms with Crippen LogP contribution in [0.1, 0.15) is 24.5 Å². The summed E-state index contributed by atoms with van der Waals surface area (Å²) >= 11 is 0. The monoisotopic (exact) mass is 302 g/mol. The highest BCUT2D eigenvalue weighted by molar-refractivity contribution is 5.56. The lowest BCUT2D eigenvalue weighted by Gasteiger charge is -2.31. The minimum Gasteiger partial charge on any atom is -0.378 e. The summed E-state index contributed by atoms with van der Waals surface area (Å²) in [6, 6.07) is 4.43. The van der Waals surface area contributed by atoms with Crippen LogP contribution in [0, 0.1) is 0 Å². The van der Waals surface area contributed by atoms with Crippen LogP contribution < -0.4 is 10.6 Å². The summed E-state index contributed by atoms with van der Waals surface area (Å²) in [5, 5.41) is 0. The first kappa shape index (κ1) is 16.1. The number of benzene rings is 1. The van der Waals surface area contributed by atoms with Gasteiger partial charge in [0, 0.05) is 24.8 Å². The third-order valence-electron chi connectivity index (χ3n) is 3.74. The predicted octanol–water partition coefficient (Wildman–Crippen LogP) is 2.82. The molecular weight excluding hydrogens is 281 g/mol. The largest absolute Gasteiger partial charge is 0.418 e. The van der Waals surface area contributed by atoms with Crippen molar-refractivity contribution < 1.29 is 17.9 Å². The third kappa shape index (κ3) is 4.11. The first-order chi connectivity index (χ1) is 9.91. The zero-order chi connectivity index (χ0) is 15.5. The second-order valence-electron chi connectivity index (χ2n) is 5.32. The van der Waals surface area contributed by atoms with Gasteiger partial charge in [-0.15, -0.1) is 0 Å². The molecule has 1 fully saturated rings. The number of hydrogen-bond donors (Lipinski definition) is 1. The van der Waals surface area contributed by atoms with Crippen molar-refractivity contribution in [3.05, 3.63) is 29.3 Å². The number of rotatable bonds is 4. The van der Waals surface area contributed by atoms with Crippen LogP contribution in [-0.2, 0) is 17.3 Å². The first-order valence-electron chi connectivity index (χ1n) is 7.20. The Kier molecular flexibility index (Phi) is 5.11. The van der Waals surface area contributed by atoms with E-state index in [1.165, 1.54) is 6.07 Å². The fourth-order valence-corrected chi connectivity index (χ4v) is 2.46. The van der Waals surface area contributed by atoms with Gasteiger partial charge >= 0.3 is 6.18 Å². The molecule has 1 heterocycles. The summed E-state index contributed by atoms with van der Waals surface area (Å²) in [4.78, 5) is 1.73. The predicted molar refractivity (Wildman–Crippen MR) is 76.4 cm³/mol. The van der Waals surface area contributed by atoms with Crippen LogP contribution in [0.15, 0.2) is 18.2 Å². The quantitative estimate of drug-likeness (QED) is 0.929. The van der Waals surface area contributed by atoms with Crippen molar-refractivity contribution in [2.24, 2.45) is 5.73 Å². The topological polar surface area (TPSA) is 38.5 Å². The van der Waals surface area contributed by atoms with E-state index in [1.54, 1.807) is 17.0 Å². The third-order valence-corrected chi connectivity index (χ3v) is 3.74. The van der Waals surface area contributed by atoms with Crippen LogP contribution in [0.3, 0.4) is 0 Å². The molecule has 3 nitrogen and oxygen atoms in total. The van der Waals surface area contributed by atoms with Gasteiger partial charge in [-0.05, 0) is 30.5 Å². The highest BCUT2D eigenvalue weighted by Gasteiger charge is 2.35. The van der Waals surface area contributed by atoms with Crippen molar-refractivity contribution in [2.45, 2.75) is 32.0 Å². The van der Waals surface area contributed by atoms with Gasteiger partial charge in [0.05, 0.1) is 18.8 Å². The van der Waals surface area contributed by atoms with E-state index in [-0.39, 0.29) is 11.7 Å². The minimum atomic E-state index is -4.36. The zero-order valence-electron chi connectivity index (χ0n) is 12.1. The fourth-order valence-electron chi connectivity index (χ4n) is 2.46. The SMILES string of the molecule is CCC(N)Cc1ccc(N2CCOCC2)c(C(F)(F)F)c1. The fraction of sp³-hybridized carbons (Fsp3) is 0.600. The molecule has 0 aliphatic carbocycles. The van der Waals surface area contributed by atoms with Gasteiger partial charge in [0.15, 0.2) is 0 Å². The number of anilines is 1. The summed E-state index contributed by atoms with van der Waals surface area (Å²) in [5.41, 5.74) is 6.13. The lowest BCUT2D eigenvalue weighted by molar-refractivity contribution is -0.137. The molecule has 0 spiro atoms. The van der Waals surface area contributed by atoms with Crippen LogP contribution in [0.4, 0.5) is 18.9 Å². The molecule has 1 aromatic rings. The maximum atomic E-state index is 13.3. The van der Waals surface area contributed by atoms with E-state index in [2.05, 4.69) is 0 Å². The van der Waals surface area contributed by atoms with Crippen molar-refractivity contribution in [1.82, 2.24) is 0 Å². The van der Waals surface area contributed by atoms with Gasteiger partial charge in [0.2, 0.25) is 0 Å². The number of ether oxygens (including phenoxy) is 1. The molecule has 0 radical (unpaired) electrons. The van der Waals surface area contributed by atoms with Crippen LogP contribution in [0.2, 0.25) is 0 Å². The van der Waals surface area contributed by atoms with Crippen LogP contribution >= 0.6 is 0 Å². The summed E-state index contributed by atoms with van der Waals surface area (Å²) in [5.74, 6) is 0. The molecule has 0 aromatic heterocycles. The molecule has 1 saturated heterocycles. The molecule has 1 atom stereocenters. The number of nitrogens with two attached hydrogens (primary N) is 1. The van der Waals surface area contributed by atoms with Crippen molar-refractivity contribution in [3.63, 3.8) is 0 Å². The second kappa shape index (κ2) is 6.66. The van der Waals surface area contributed by atoms with E-state index >= 15 is 0 Å². The zero-order valence-corrected chi connectivity index (χ0v) is 12.1. The highest BCUT2D eigenvalue weighted by atomic mass is 19.4. The van der Waals surface area contributed by atoms with E-state index in [0.29, 0.717) is 38.3 Å². The van der Waals surface area contributed by atoms with Gasteiger partial charge in [-0.2, -0.15) is 13.2 Å². The second-order valence-corrected chi connectivity index (χ2v) is 5.32. The Morgan fingerprint density at radius 1 is 1.29 bits per heavy atom. The van der Waals surface area contributed by atoms with Gasteiger partial charge in [-0.3, -0.25) is 0 Å². The van der Waals surface area contributed by atoms with E-state index in [1.807, 2.05) is 6.92 Å². The Bertz CT molecular complexity index is 470. The van der Waals surface area contributed by atoms with Crippen LogP contribution in [0.25, 0.3) is 0 Å². The molecule has 21 heavy (non-hydrogen) atoms. The van der Waals surface area contributed by atoms with E-state index in [4.69, 9.17) is 10.5 Å². The molecule has 2 rings (SSSR count). The summed E-state index contributed by atoms with van der Waals surface area (Å²) < 4.78 is 45.1. The van der Waals surface area contributed by atoms with E-state index in [9.17, 15) is 13.2 Å². The highest BCUT2D eigenvalue weighted by Crippen LogP contribution is 2.37. The molecule has 118 valence electrons. The minimum absolute atomic E-state index is 0.111. The van der Waals surface area contributed by atoms with Crippen molar-refractivity contribution >= 4 is 5.69 Å². The number of morpholine rings is 1. The molecule has 0 amide bonds. The van der Waals surface area contributed by atoms with Gasteiger partial charge in [0.25, 0.3) is 0 Å². The average Bonchev–Trinajstić information content (AvgIpc) is 2.47. The molecule has 0 saturated carbocycles. The van der Waals surface area contributed by atoms with Gasteiger partial charge in [0.1, 0.15) is 0 Å².